The molecule has 206 valence electrons. The highest BCUT2D eigenvalue weighted by Crippen LogP contribution is 2.32. The summed E-state index contributed by atoms with van der Waals surface area (Å²) in [6.45, 7) is 1.95. The van der Waals surface area contributed by atoms with Crippen molar-refractivity contribution in [3.05, 3.63) is 72.7 Å². The second kappa shape index (κ2) is 11.9. The van der Waals surface area contributed by atoms with E-state index in [1.807, 2.05) is 24.4 Å². The van der Waals surface area contributed by atoms with E-state index >= 15 is 0 Å². The zero-order chi connectivity index (χ0) is 27.4. The predicted octanol–water partition coefficient (Wildman–Crippen LogP) is 5.68. The van der Waals surface area contributed by atoms with E-state index in [1.165, 1.54) is 17.7 Å². The lowest BCUT2D eigenvalue weighted by Crippen LogP contribution is -2.39. The van der Waals surface area contributed by atoms with Crippen LogP contribution in [0.15, 0.2) is 71.8 Å². The number of carbonyl (C=O) groups excluding carboxylic acids is 1. The monoisotopic (exact) mass is 548 g/mol. The van der Waals surface area contributed by atoms with E-state index < -0.39 is 21.6 Å². The van der Waals surface area contributed by atoms with E-state index in [0.29, 0.717) is 12.3 Å². The van der Waals surface area contributed by atoms with E-state index in [-0.39, 0.29) is 22.3 Å². The Kier molecular flexibility index (Phi) is 8.33. The molecule has 2 aliphatic rings. The summed E-state index contributed by atoms with van der Waals surface area (Å²) in [4.78, 5) is 20.5. The molecular formula is C31H37FN4O2S. The Labute approximate surface area is 231 Å². The molecule has 0 amide bonds. The second-order valence-electron chi connectivity index (χ2n) is 10.9. The molecule has 3 unspecified atom stereocenters. The van der Waals surface area contributed by atoms with Gasteiger partial charge in [-0.15, -0.1) is 0 Å². The van der Waals surface area contributed by atoms with Crippen LogP contribution in [0.1, 0.15) is 44.9 Å². The van der Waals surface area contributed by atoms with E-state index in [9.17, 15) is 13.4 Å². The largest absolute Gasteiger partial charge is 0.373 e. The maximum Gasteiger partial charge on any atom is 0.158 e. The second-order valence-corrected chi connectivity index (χ2v) is 12.8. The molecule has 1 saturated carbocycles. The summed E-state index contributed by atoms with van der Waals surface area (Å²) < 4.78 is 26.5. The first-order valence-corrected chi connectivity index (χ1v) is 15.6. The Morgan fingerprint density at radius 3 is 2.44 bits per heavy atom. The van der Waals surface area contributed by atoms with Gasteiger partial charge in [0.2, 0.25) is 0 Å². The van der Waals surface area contributed by atoms with Gasteiger partial charge in [0.05, 0.1) is 21.4 Å². The highest BCUT2D eigenvalue weighted by atomic mass is 32.2. The number of nitrogens with two attached hydrogens (primary N) is 1. The molecular weight excluding hydrogens is 511 g/mol. The Balaban J connectivity index is 1.10. The van der Waals surface area contributed by atoms with E-state index in [2.05, 4.69) is 40.4 Å². The van der Waals surface area contributed by atoms with Gasteiger partial charge in [-0.2, -0.15) is 0 Å². The number of hydrogen-bond donors (Lipinski definition) is 2. The molecule has 1 aliphatic carbocycles. The molecule has 0 spiro atoms. The van der Waals surface area contributed by atoms with Crippen LogP contribution in [0.5, 0.6) is 0 Å². The Morgan fingerprint density at radius 2 is 1.77 bits per heavy atom. The maximum atomic E-state index is 14.6. The zero-order valence-electron chi connectivity index (χ0n) is 22.2. The molecule has 1 aromatic heterocycles. The lowest BCUT2D eigenvalue weighted by Gasteiger charge is -2.34. The highest BCUT2D eigenvalue weighted by molar-refractivity contribution is 7.98. The fourth-order valence-electron chi connectivity index (χ4n) is 5.84. The van der Waals surface area contributed by atoms with Crippen molar-refractivity contribution in [3.63, 3.8) is 0 Å². The molecule has 0 radical (unpaired) electrons. The summed E-state index contributed by atoms with van der Waals surface area (Å²) >= 11 is 0. The van der Waals surface area contributed by atoms with E-state index in [4.69, 9.17) is 10.1 Å². The number of nitrogens with one attached hydrogen (secondary N) is 1. The normalized spacial score (nSPS) is 21.9. The Morgan fingerprint density at radius 1 is 1.00 bits per heavy atom. The number of rotatable bonds is 8. The van der Waals surface area contributed by atoms with Gasteiger partial charge in [0.1, 0.15) is 11.6 Å². The van der Waals surface area contributed by atoms with Gasteiger partial charge in [0.25, 0.3) is 0 Å². The minimum atomic E-state index is -2.99. The molecule has 8 heteroatoms. The number of aromatic nitrogens is 1. The van der Waals surface area contributed by atoms with Crippen LogP contribution in [0.2, 0.25) is 0 Å². The number of hydrogen-bond acceptors (Lipinski definition) is 5. The number of benzene rings is 2. The van der Waals surface area contributed by atoms with Crippen LogP contribution in [0.4, 0.5) is 15.9 Å². The molecule has 39 heavy (non-hydrogen) atoms. The summed E-state index contributed by atoms with van der Waals surface area (Å²) in [5.41, 5.74) is 2.53. The van der Waals surface area contributed by atoms with Crippen molar-refractivity contribution in [1.29, 1.82) is 0 Å². The molecule has 2 heterocycles. The van der Waals surface area contributed by atoms with Crippen LogP contribution in [-0.2, 0) is 14.5 Å². The molecule has 2 fully saturated rings. The van der Waals surface area contributed by atoms with Crippen LogP contribution in [0.3, 0.4) is 0 Å². The van der Waals surface area contributed by atoms with Crippen molar-refractivity contribution < 1.29 is 13.4 Å². The average molecular weight is 549 g/mol. The maximum absolute atomic E-state index is 14.6. The van der Waals surface area contributed by atoms with Gasteiger partial charge in [-0.3, -0.25) is 9.93 Å². The number of pyridine rings is 1. The first-order valence-electron chi connectivity index (χ1n) is 13.8. The summed E-state index contributed by atoms with van der Waals surface area (Å²) in [7, 11) is -2.99. The van der Waals surface area contributed by atoms with E-state index in [1.54, 1.807) is 0 Å². The molecule has 6 nitrogen and oxygen atoms in total. The third-order valence-corrected chi connectivity index (χ3v) is 9.23. The standard InChI is InChI=1S/C31H37FN4O2S/c1-39(33,38)26-13-14-28(27(32)20-26)35-29-9-5-8-24(31(29)37)11-10-22-16-18-36(19-17-22)30-15-12-25(21-34-30)23-6-3-2-4-7-23/h2-4,6-7,12-15,20-22,24,29,35H,1,5,8-11,16-19H2,(H2,33,38). The van der Waals surface area contributed by atoms with Gasteiger partial charge >= 0.3 is 0 Å². The molecule has 1 aliphatic heterocycles. The quantitative estimate of drug-likeness (QED) is 0.354. The number of nitrogens with zero attached hydrogens (tertiary/aromatic N) is 2. The number of anilines is 2. The fraction of sp³-hybridized carbons (Fsp3) is 0.387. The van der Waals surface area contributed by atoms with Crippen molar-refractivity contribution in [3.8, 4) is 11.1 Å². The van der Waals surface area contributed by atoms with Crippen molar-refractivity contribution in [2.75, 3.05) is 23.3 Å². The van der Waals surface area contributed by atoms with Gasteiger partial charge in [-0.25, -0.2) is 13.6 Å². The number of Topliss-reactive ketones (excluding diaryl/α,β-unsaturated/α-hetero) is 1. The smallest absolute Gasteiger partial charge is 0.158 e. The van der Waals surface area contributed by atoms with Crippen molar-refractivity contribution >= 4 is 32.9 Å². The van der Waals surface area contributed by atoms with Crippen molar-refractivity contribution in [1.82, 2.24) is 4.98 Å². The predicted molar refractivity (Wildman–Crippen MR) is 158 cm³/mol. The number of halogens is 1. The van der Waals surface area contributed by atoms with Gasteiger partial charge < -0.3 is 10.2 Å². The molecule has 3 aromatic rings. The first kappa shape index (κ1) is 27.3. The summed E-state index contributed by atoms with van der Waals surface area (Å²) in [6.07, 6.45) is 8.58. The molecule has 2 aromatic carbocycles. The SMILES string of the molecule is C=S(N)(=O)c1ccc(NC2CCCC(CCC3CCN(c4ccc(-c5ccccc5)cn4)CC3)C2=O)c(F)c1. The minimum Gasteiger partial charge on any atom is -0.373 e. The Bertz CT molecular complexity index is 1390. The zero-order valence-corrected chi connectivity index (χ0v) is 23.0. The van der Waals surface area contributed by atoms with Crippen LogP contribution in [-0.4, -0.2) is 40.0 Å². The summed E-state index contributed by atoms with van der Waals surface area (Å²) in [6, 6.07) is 18.3. The lowest BCUT2D eigenvalue weighted by atomic mass is 9.79. The van der Waals surface area contributed by atoms with Crippen LogP contribution < -0.4 is 15.4 Å². The Hall–Kier alpha value is -3.23. The molecule has 1 saturated heterocycles. The highest BCUT2D eigenvalue weighted by Gasteiger charge is 2.32. The first-order chi connectivity index (χ1) is 18.8. The fourth-order valence-corrected chi connectivity index (χ4v) is 6.45. The third-order valence-electron chi connectivity index (χ3n) is 8.18. The van der Waals surface area contributed by atoms with Gasteiger partial charge in [0, 0.05) is 35.7 Å². The van der Waals surface area contributed by atoms with Gasteiger partial charge in [-0.05, 0) is 86.2 Å². The van der Waals surface area contributed by atoms with Crippen LogP contribution >= 0.6 is 0 Å². The molecule has 5 rings (SSSR count). The van der Waals surface area contributed by atoms with E-state index in [0.717, 1.165) is 69.1 Å². The number of ketones is 1. The van der Waals surface area contributed by atoms with Crippen molar-refractivity contribution in [2.45, 2.75) is 55.9 Å². The third kappa shape index (κ3) is 6.68. The molecule has 0 bridgehead atoms. The topological polar surface area (TPSA) is 88.3 Å². The summed E-state index contributed by atoms with van der Waals surface area (Å²) in [5, 5.41) is 8.62. The molecule has 3 atom stereocenters. The van der Waals surface area contributed by atoms with Gasteiger partial charge in [-0.1, -0.05) is 36.8 Å². The number of carbonyl (C=O) groups is 1. The summed E-state index contributed by atoms with van der Waals surface area (Å²) in [5.74, 6) is 4.63. The van der Waals surface area contributed by atoms with Crippen LogP contribution in [0.25, 0.3) is 11.1 Å². The van der Waals surface area contributed by atoms with Gasteiger partial charge in [0.15, 0.2) is 5.78 Å². The van der Waals surface area contributed by atoms with Crippen LogP contribution in [0, 0.1) is 17.7 Å². The molecule has 3 N–H and O–H groups in total. The number of piperidine rings is 1. The minimum absolute atomic E-state index is 0.00595. The average Bonchev–Trinajstić information content (AvgIpc) is 2.95. The van der Waals surface area contributed by atoms with Crippen molar-refractivity contribution in [2.24, 2.45) is 17.0 Å². The lowest BCUT2D eigenvalue weighted by molar-refractivity contribution is -0.125.